The summed E-state index contributed by atoms with van der Waals surface area (Å²) in [7, 11) is 1.52. The molecule has 4 rings (SSSR count). The van der Waals surface area contributed by atoms with Crippen molar-refractivity contribution in [1.29, 1.82) is 0 Å². The summed E-state index contributed by atoms with van der Waals surface area (Å²) >= 11 is 6.01. The Balaban J connectivity index is 1.86. The predicted molar refractivity (Wildman–Crippen MR) is 126 cm³/mol. The van der Waals surface area contributed by atoms with Crippen LogP contribution in [0, 0.1) is 0 Å². The molecule has 0 saturated carbocycles. The van der Waals surface area contributed by atoms with Crippen molar-refractivity contribution in [3.8, 4) is 17.5 Å². The molecular weight excluding hydrogens is 464 g/mol. The number of imidazole rings is 1. The van der Waals surface area contributed by atoms with E-state index in [9.17, 15) is 14.7 Å². The highest BCUT2D eigenvalue weighted by atomic mass is 35.5. The molecule has 0 atom stereocenters. The van der Waals surface area contributed by atoms with E-state index in [1.54, 1.807) is 28.8 Å². The van der Waals surface area contributed by atoms with Crippen LogP contribution < -0.4 is 16.0 Å². The van der Waals surface area contributed by atoms with Gasteiger partial charge in [0.2, 0.25) is 0 Å². The second-order valence-corrected chi connectivity index (χ2v) is 7.95. The number of aromatic hydroxyl groups is 1. The molecule has 34 heavy (non-hydrogen) atoms. The van der Waals surface area contributed by atoms with Crippen molar-refractivity contribution in [3.63, 3.8) is 0 Å². The van der Waals surface area contributed by atoms with Crippen LogP contribution in [0.3, 0.4) is 0 Å². The largest absolute Gasteiger partial charge is 0.508 e. The van der Waals surface area contributed by atoms with Gasteiger partial charge in [-0.05, 0) is 29.8 Å². The zero-order chi connectivity index (χ0) is 24.2. The molecule has 178 valence electrons. The van der Waals surface area contributed by atoms with Crippen molar-refractivity contribution in [1.82, 2.24) is 18.7 Å². The second kappa shape index (κ2) is 10.1. The van der Waals surface area contributed by atoms with Crippen LogP contribution in [0.4, 0.5) is 0 Å². The maximum absolute atomic E-state index is 13.4. The maximum Gasteiger partial charge on any atom is 0.332 e. The van der Waals surface area contributed by atoms with E-state index >= 15 is 0 Å². The van der Waals surface area contributed by atoms with Gasteiger partial charge in [0.25, 0.3) is 5.56 Å². The minimum atomic E-state index is -0.551. The first-order valence-electron chi connectivity index (χ1n) is 10.5. The van der Waals surface area contributed by atoms with Gasteiger partial charge in [-0.15, -0.1) is 0 Å². The molecular formula is C23H23ClN4O6. The van der Waals surface area contributed by atoms with Gasteiger partial charge in [-0.1, -0.05) is 29.8 Å². The molecule has 2 aromatic heterocycles. The van der Waals surface area contributed by atoms with Crippen molar-refractivity contribution >= 4 is 22.8 Å². The molecule has 10 nitrogen and oxygen atoms in total. The molecule has 4 aromatic rings. The Morgan fingerprint density at radius 3 is 2.53 bits per heavy atom. The molecule has 0 unspecified atom stereocenters. The molecule has 0 radical (unpaired) electrons. The Kier molecular flexibility index (Phi) is 7.01. The third-order valence-electron chi connectivity index (χ3n) is 5.17. The van der Waals surface area contributed by atoms with Crippen LogP contribution >= 0.6 is 11.6 Å². The first-order chi connectivity index (χ1) is 16.4. The molecule has 2 N–H and O–H groups in total. The fourth-order valence-electron chi connectivity index (χ4n) is 3.52. The number of fused-ring (bicyclic) bond motifs is 1. The highest BCUT2D eigenvalue weighted by Gasteiger charge is 2.22. The standard InChI is InChI=1S/C23H23ClN4O6/c1-26-20-19(21(31)27(23(26)32)9-11-33-12-10-29)28(14-15-5-7-16(24)8-6-15)22(25-20)34-18-4-2-3-17(30)13-18/h2-8,13,29-30H,9-12,14H2,1H3. The molecule has 0 aliphatic rings. The monoisotopic (exact) mass is 486 g/mol. The number of nitrogens with zero attached hydrogens (tertiary/aromatic N) is 4. The Hall–Kier alpha value is -3.60. The molecule has 11 heteroatoms. The number of aliphatic hydroxyl groups excluding tert-OH is 1. The van der Waals surface area contributed by atoms with Crippen molar-refractivity contribution in [3.05, 3.63) is 80.0 Å². The summed E-state index contributed by atoms with van der Waals surface area (Å²) in [4.78, 5) is 30.7. The fraction of sp³-hybridized carbons (Fsp3) is 0.261. The van der Waals surface area contributed by atoms with Crippen LogP contribution in [0.15, 0.2) is 58.1 Å². The van der Waals surface area contributed by atoms with Crippen molar-refractivity contribution in [2.24, 2.45) is 7.05 Å². The molecule has 0 bridgehead atoms. The van der Waals surface area contributed by atoms with Crippen LogP contribution in [0.5, 0.6) is 17.5 Å². The lowest BCUT2D eigenvalue weighted by atomic mass is 10.2. The Bertz CT molecular complexity index is 1420. The molecule has 0 amide bonds. The first-order valence-corrected chi connectivity index (χ1v) is 10.9. The molecule has 0 aliphatic heterocycles. The van der Waals surface area contributed by atoms with Gasteiger partial charge in [-0.25, -0.2) is 4.79 Å². The topological polar surface area (TPSA) is 121 Å². The van der Waals surface area contributed by atoms with Gasteiger partial charge in [0.1, 0.15) is 11.5 Å². The number of ether oxygens (including phenoxy) is 2. The number of aryl methyl sites for hydroxylation is 1. The molecule has 0 fully saturated rings. The third kappa shape index (κ3) is 4.84. The van der Waals surface area contributed by atoms with E-state index < -0.39 is 11.2 Å². The van der Waals surface area contributed by atoms with Crippen LogP contribution in [0.1, 0.15) is 5.56 Å². The summed E-state index contributed by atoms with van der Waals surface area (Å²) < 4.78 is 15.1. The average Bonchev–Trinajstić information content (AvgIpc) is 3.16. The number of phenolic OH excluding ortho intramolecular Hbond substituents is 1. The van der Waals surface area contributed by atoms with Crippen LogP contribution in [-0.4, -0.2) is 48.7 Å². The number of phenols is 1. The zero-order valence-electron chi connectivity index (χ0n) is 18.3. The summed E-state index contributed by atoms with van der Waals surface area (Å²) in [6, 6.07) is 13.4. The fourth-order valence-corrected chi connectivity index (χ4v) is 3.65. The van der Waals surface area contributed by atoms with Crippen molar-refractivity contribution in [2.45, 2.75) is 13.1 Å². The van der Waals surface area contributed by atoms with Gasteiger partial charge >= 0.3 is 11.7 Å². The predicted octanol–water partition coefficient (Wildman–Crippen LogP) is 2.11. The van der Waals surface area contributed by atoms with Crippen LogP contribution in [0.25, 0.3) is 11.2 Å². The molecule has 0 saturated heterocycles. The van der Waals surface area contributed by atoms with Gasteiger partial charge in [0.15, 0.2) is 11.2 Å². The van der Waals surface area contributed by atoms with E-state index in [-0.39, 0.29) is 55.8 Å². The molecule has 2 aromatic carbocycles. The number of aromatic nitrogens is 4. The van der Waals surface area contributed by atoms with Crippen LogP contribution in [0.2, 0.25) is 5.02 Å². The Morgan fingerprint density at radius 1 is 1.06 bits per heavy atom. The highest BCUT2D eigenvalue weighted by molar-refractivity contribution is 6.30. The van der Waals surface area contributed by atoms with Gasteiger partial charge in [0, 0.05) is 18.1 Å². The lowest BCUT2D eigenvalue weighted by molar-refractivity contribution is 0.0858. The lowest BCUT2D eigenvalue weighted by Gasteiger charge is -2.12. The maximum atomic E-state index is 13.4. The summed E-state index contributed by atoms with van der Waals surface area (Å²) in [6.07, 6.45) is 0. The van der Waals surface area contributed by atoms with E-state index in [4.69, 9.17) is 26.2 Å². The first kappa shape index (κ1) is 23.6. The van der Waals surface area contributed by atoms with E-state index in [0.29, 0.717) is 10.8 Å². The highest BCUT2D eigenvalue weighted by Crippen LogP contribution is 2.27. The third-order valence-corrected chi connectivity index (χ3v) is 5.42. The number of aliphatic hydroxyl groups is 1. The van der Waals surface area contributed by atoms with Gasteiger partial charge < -0.3 is 19.7 Å². The van der Waals surface area contributed by atoms with Gasteiger partial charge in [-0.2, -0.15) is 4.98 Å². The summed E-state index contributed by atoms with van der Waals surface area (Å²) in [5, 5.41) is 19.3. The number of halogens is 1. The summed E-state index contributed by atoms with van der Waals surface area (Å²) in [5.74, 6) is 0.325. The minimum Gasteiger partial charge on any atom is -0.508 e. The quantitative estimate of drug-likeness (QED) is 0.347. The van der Waals surface area contributed by atoms with Crippen molar-refractivity contribution < 1.29 is 19.7 Å². The Morgan fingerprint density at radius 2 is 1.82 bits per heavy atom. The number of hydrogen-bond acceptors (Lipinski definition) is 7. The summed E-state index contributed by atoms with van der Waals surface area (Å²) in [6.45, 7) is 0.259. The zero-order valence-corrected chi connectivity index (χ0v) is 19.1. The SMILES string of the molecule is Cn1c(=O)n(CCOCCO)c(=O)c2c1nc(Oc1cccc(O)c1)n2Cc1ccc(Cl)cc1. The second-order valence-electron chi connectivity index (χ2n) is 7.51. The number of hydrogen-bond donors (Lipinski definition) is 2. The number of rotatable bonds is 9. The van der Waals surface area contributed by atoms with Crippen molar-refractivity contribution in [2.75, 3.05) is 19.8 Å². The minimum absolute atomic E-state index is 0.00972. The van der Waals surface area contributed by atoms with E-state index in [1.165, 1.54) is 23.7 Å². The number of benzene rings is 2. The molecule has 2 heterocycles. The van der Waals surface area contributed by atoms with E-state index in [1.807, 2.05) is 12.1 Å². The lowest BCUT2D eigenvalue weighted by Crippen LogP contribution is -2.40. The average molecular weight is 487 g/mol. The van der Waals surface area contributed by atoms with Gasteiger partial charge in [-0.3, -0.25) is 18.5 Å². The van der Waals surface area contributed by atoms with Crippen LogP contribution in [-0.2, 0) is 24.9 Å². The van der Waals surface area contributed by atoms with Gasteiger partial charge in [0.05, 0.1) is 32.9 Å². The molecule has 0 aliphatic carbocycles. The summed E-state index contributed by atoms with van der Waals surface area (Å²) in [5.41, 5.74) is 0.0691. The Labute approximate surface area is 198 Å². The van der Waals surface area contributed by atoms with E-state index in [2.05, 4.69) is 4.98 Å². The smallest absolute Gasteiger partial charge is 0.332 e. The molecule has 0 spiro atoms. The normalized spacial score (nSPS) is 11.3. The van der Waals surface area contributed by atoms with E-state index in [0.717, 1.165) is 10.1 Å².